The standard InChI is InChI=1S/C15H16INO/c16-14-6-3-7-15(10-14)18-11-13-5-2-1-4-12(13)8-9-17/h1-7,10H,8-9,11,17H2. The number of hydrogen-bond acceptors (Lipinski definition) is 2. The Bertz CT molecular complexity index is 513. The van der Waals surface area contributed by atoms with Crippen LogP contribution in [0.2, 0.25) is 0 Å². The van der Waals surface area contributed by atoms with Crippen molar-refractivity contribution >= 4 is 22.6 Å². The van der Waals surface area contributed by atoms with E-state index >= 15 is 0 Å². The molecule has 0 atom stereocenters. The molecule has 0 amide bonds. The molecule has 0 saturated heterocycles. The van der Waals surface area contributed by atoms with Crippen molar-refractivity contribution in [2.45, 2.75) is 13.0 Å². The Morgan fingerprint density at radius 1 is 1.00 bits per heavy atom. The lowest BCUT2D eigenvalue weighted by Gasteiger charge is -2.10. The van der Waals surface area contributed by atoms with Gasteiger partial charge in [0.25, 0.3) is 0 Å². The normalized spacial score (nSPS) is 10.3. The first kappa shape index (κ1) is 13.4. The van der Waals surface area contributed by atoms with Gasteiger partial charge >= 0.3 is 0 Å². The predicted molar refractivity (Wildman–Crippen MR) is 82.7 cm³/mol. The first-order valence-electron chi connectivity index (χ1n) is 5.95. The Hall–Kier alpha value is -1.07. The van der Waals surface area contributed by atoms with Crippen molar-refractivity contribution in [1.82, 2.24) is 0 Å². The van der Waals surface area contributed by atoms with Crippen LogP contribution in [0.4, 0.5) is 0 Å². The van der Waals surface area contributed by atoms with Gasteiger partial charge in [0.05, 0.1) is 0 Å². The Labute approximate surface area is 121 Å². The molecule has 0 aliphatic carbocycles. The molecule has 2 nitrogen and oxygen atoms in total. The monoisotopic (exact) mass is 353 g/mol. The number of ether oxygens (including phenoxy) is 1. The molecule has 2 N–H and O–H groups in total. The van der Waals surface area contributed by atoms with Crippen LogP contribution >= 0.6 is 22.6 Å². The summed E-state index contributed by atoms with van der Waals surface area (Å²) in [6.45, 7) is 1.26. The van der Waals surface area contributed by atoms with Crippen molar-refractivity contribution in [1.29, 1.82) is 0 Å². The number of rotatable bonds is 5. The molecule has 0 aliphatic rings. The van der Waals surface area contributed by atoms with Crippen LogP contribution in [0.3, 0.4) is 0 Å². The van der Waals surface area contributed by atoms with Crippen LogP contribution < -0.4 is 10.5 Å². The van der Waals surface area contributed by atoms with E-state index in [1.54, 1.807) is 0 Å². The van der Waals surface area contributed by atoms with E-state index in [0.717, 1.165) is 12.2 Å². The van der Waals surface area contributed by atoms with Crippen molar-refractivity contribution in [3.8, 4) is 5.75 Å². The minimum atomic E-state index is 0.594. The summed E-state index contributed by atoms with van der Waals surface area (Å²) in [4.78, 5) is 0. The quantitative estimate of drug-likeness (QED) is 0.837. The molecule has 0 spiro atoms. The maximum absolute atomic E-state index is 5.81. The van der Waals surface area contributed by atoms with Crippen LogP contribution in [0.1, 0.15) is 11.1 Å². The lowest BCUT2D eigenvalue weighted by atomic mass is 10.1. The summed E-state index contributed by atoms with van der Waals surface area (Å²) in [5, 5.41) is 0. The fraction of sp³-hybridized carbons (Fsp3) is 0.200. The fourth-order valence-corrected chi connectivity index (χ4v) is 2.33. The molecule has 0 aromatic heterocycles. The average molecular weight is 353 g/mol. The Kier molecular flexibility index (Phi) is 5.01. The molecule has 94 valence electrons. The van der Waals surface area contributed by atoms with Gasteiger partial charge in [0.15, 0.2) is 0 Å². The van der Waals surface area contributed by atoms with E-state index in [4.69, 9.17) is 10.5 Å². The number of benzene rings is 2. The van der Waals surface area contributed by atoms with Crippen molar-refractivity contribution in [3.05, 3.63) is 63.2 Å². The van der Waals surface area contributed by atoms with E-state index in [1.165, 1.54) is 14.7 Å². The van der Waals surface area contributed by atoms with Gasteiger partial charge in [0.1, 0.15) is 12.4 Å². The molecule has 3 heteroatoms. The van der Waals surface area contributed by atoms with Crippen LogP contribution in [-0.2, 0) is 13.0 Å². The molecule has 0 aliphatic heterocycles. The summed E-state index contributed by atoms with van der Waals surface area (Å²) >= 11 is 2.28. The lowest BCUT2D eigenvalue weighted by molar-refractivity contribution is 0.305. The molecule has 0 radical (unpaired) electrons. The molecule has 0 bridgehead atoms. The number of hydrogen-bond donors (Lipinski definition) is 1. The molecular formula is C15H16INO. The molecule has 0 heterocycles. The van der Waals surface area contributed by atoms with Crippen molar-refractivity contribution in [3.63, 3.8) is 0 Å². The van der Waals surface area contributed by atoms with Gasteiger partial charge in [-0.1, -0.05) is 30.3 Å². The Morgan fingerprint density at radius 3 is 2.50 bits per heavy atom. The zero-order chi connectivity index (χ0) is 12.8. The highest BCUT2D eigenvalue weighted by Gasteiger charge is 2.02. The van der Waals surface area contributed by atoms with Gasteiger partial charge in [-0.15, -0.1) is 0 Å². The summed E-state index contributed by atoms with van der Waals surface area (Å²) in [5.41, 5.74) is 8.09. The molecule has 0 unspecified atom stereocenters. The Balaban J connectivity index is 2.06. The van der Waals surface area contributed by atoms with Crippen molar-refractivity contribution in [2.24, 2.45) is 5.73 Å². The van der Waals surface area contributed by atoms with Gasteiger partial charge in [0, 0.05) is 3.57 Å². The van der Waals surface area contributed by atoms with Crippen LogP contribution in [0, 0.1) is 3.57 Å². The smallest absolute Gasteiger partial charge is 0.120 e. The van der Waals surface area contributed by atoms with Crippen molar-refractivity contribution < 1.29 is 4.74 Å². The second-order valence-corrected chi connectivity index (χ2v) is 5.30. The predicted octanol–water partition coefficient (Wildman–Crippen LogP) is 3.37. The summed E-state index contributed by atoms with van der Waals surface area (Å²) in [5.74, 6) is 0.907. The van der Waals surface area contributed by atoms with Crippen LogP contribution in [-0.4, -0.2) is 6.54 Å². The Morgan fingerprint density at radius 2 is 1.78 bits per heavy atom. The van der Waals surface area contributed by atoms with Gasteiger partial charge in [-0.25, -0.2) is 0 Å². The summed E-state index contributed by atoms with van der Waals surface area (Å²) in [6.07, 6.45) is 0.895. The van der Waals surface area contributed by atoms with E-state index < -0.39 is 0 Å². The van der Waals surface area contributed by atoms with Gasteiger partial charge in [-0.3, -0.25) is 0 Å². The first-order valence-corrected chi connectivity index (χ1v) is 7.02. The maximum Gasteiger partial charge on any atom is 0.120 e. The summed E-state index contributed by atoms with van der Waals surface area (Å²) in [7, 11) is 0. The molecule has 0 saturated carbocycles. The molecule has 2 aromatic rings. The number of halogens is 1. The highest BCUT2D eigenvalue weighted by Crippen LogP contribution is 2.17. The third-order valence-corrected chi connectivity index (χ3v) is 3.39. The third-order valence-electron chi connectivity index (χ3n) is 2.72. The van der Waals surface area contributed by atoms with Gasteiger partial charge in [-0.2, -0.15) is 0 Å². The van der Waals surface area contributed by atoms with E-state index in [-0.39, 0.29) is 0 Å². The highest BCUT2D eigenvalue weighted by molar-refractivity contribution is 14.1. The molecule has 2 rings (SSSR count). The van der Waals surface area contributed by atoms with E-state index in [2.05, 4.69) is 40.8 Å². The van der Waals surface area contributed by atoms with Crippen LogP contribution in [0.15, 0.2) is 48.5 Å². The zero-order valence-corrected chi connectivity index (χ0v) is 12.3. The van der Waals surface area contributed by atoms with E-state index in [0.29, 0.717) is 13.2 Å². The topological polar surface area (TPSA) is 35.2 Å². The molecule has 0 fully saturated rings. The summed E-state index contributed by atoms with van der Waals surface area (Å²) < 4.78 is 7.00. The summed E-state index contributed by atoms with van der Waals surface area (Å²) in [6, 6.07) is 16.4. The average Bonchev–Trinajstić information content (AvgIpc) is 2.38. The highest BCUT2D eigenvalue weighted by atomic mass is 127. The maximum atomic E-state index is 5.81. The second kappa shape index (κ2) is 6.75. The van der Waals surface area contributed by atoms with E-state index in [1.807, 2.05) is 30.3 Å². The third kappa shape index (κ3) is 3.71. The zero-order valence-electron chi connectivity index (χ0n) is 10.1. The van der Waals surface area contributed by atoms with E-state index in [9.17, 15) is 0 Å². The molecule has 18 heavy (non-hydrogen) atoms. The van der Waals surface area contributed by atoms with Crippen LogP contribution in [0.25, 0.3) is 0 Å². The lowest BCUT2D eigenvalue weighted by Crippen LogP contribution is -2.07. The van der Waals surface area contributed by atoms with Crippen LogP contribution in [0.5, 0.6) is 5.75 Å². The largest absolute Gasteiger partial charge is 0.489 e. The first-order chi connectivity index (χ1) is 8.79. The second-order valence-electron chi connectivity index (χ2n) is 4.05. The van der Waals surface area contributed by atoms with Gasteiger partial charge in [0.2, 0.25) is 0 Å². The molecule has 2 aromatic carbocycles. The van der Waals surface area contributed by atoms with Crippen molar-refractivity contribution in [2.75, 3.05) is 6.54 Å². The minimum absolute atomic E-state index is 0.594. The minimum Gasteiger partial charge on any atom is -0.489 e. The SMILES string of the molecule is NCCc1ccccc1COc1cccc(I)c1. The fourth-order valence-electron chi connectivity index (χ4n) is 1.82. The van der Waals surface area contributed by atoms with Gasteiger partial charge < -0.3 is 10.5 Å². The van der Waals surface area contributed by atoms with Gasteiger partial charge in [-0.05, 0) is 64.9 Å². The molecular weight excluding hydrogens is 337 g/mol. The number of nitrogens with two attached hydrogens (primary N) is 1.